The molecule has 2 nitrogen and oxygen atoms in total. The topological polar surface area (TPSA) is 29.4 Å². The molecule has 2 aromatic carbocycles. The summed E-state index contributed by atoms with van der Waals surface area (Å²) in [6, 6.07) is 19.9. The van der Waals surface area contributed by atoms with E-state index in [0.717, 1.165) is 16.8 Å². The van der Waals surface area contributed by atoms with E-state index in [1.165, 1.54) is 0 Å². The molecule has 0 aromatic heterocycles. The molecule has 0 bridgehead atoms. The molecule has 0 heterocycles. The Morgan fingerprint density at radius 1 is 0.955 bits per heavy atom. The van der Waals surface area contributed by atoms with Gasteiger partial charge in [-0.1, -0.05) is 66.7 Å². The molecule has 0 aliphatic rings. The molecule has 0 saturated heterocycles. The van der Waals surface area contributed by atoms with Crippen LogP contribution in [0.15, 0.2) is 71.1 Å². The van der Waals surface area contributed by atoms with Gasteiger partial charge in [0.25, 0.3) is 0 Å². The van der Waals surface area contributed by atoms with Crippen molar-refractivity contribution in [3.63, 3.8) is 0 Å². The molecule has 0 unspecified atom stereocenters. The zero-order valence-corrected chi connectivity index (χ0v) is 14.0. The lowest BCUT2D eigenvalue weighted by Gasteiger charge is -2.14. The van der Waals surface area contributed by atoms with Gasteiger partial charge in [0.15, 0.2) is 0 Å². The Bertz CT molecular complexity index is 682. The van der Waals surface area contributed by atoms with Gasteiger partial charge < -0.3 is 0 Å². The van der Waals surface area contributed by atoms with Crippen molar-refractivity contribution in [1.29, 1.82) is 0 Å². The predicted octanol–water partition coefficient (Wildman–Crippen LogP) is 4.65. The fourth-order valence-corrected chi connectivity index (χ4v) is 2.37. The van der Waals surface area contributed by atoms with Gasteiger partial charge in [-0.05, 0) is 32.4 Å². The molecule has 0 fully saturated rings. The maximum atomic E-state index is 12.3. The molecule has 1 atom stereocenters. The van der Waals surface area contributed by atoms with E-state index < -0.39 is 11.0 Å². The van der Waals surface area contributed by atoms with Crippen LogP contribution in [0, 0.1) is 0 Å². The van der Waals surface area contributed by atoms with Crippen molar-refractivity contribution in [2.75, 3.05) is 0 Å². The summed E-state index contributed by atoms with van der Waals surface area (Å²) in [4.78, 5) is 0. The molecule has 0 N–H and O–H groups in total. The SMILES string of the molecule is CC(C)(C)[S@](=O)N=C(/C=C/c1ccccc1)c1ccccc1. The molecule has 0 radical (unpaired) electrons. The summed E-state index contributed by atoms with van der Waals surface area (Å²) in [6.07, 6.45) is 3.92. The smallest absolute Gasteiger partial charge is 0.145 e. The number of hydrogen-bond acceptors (Lipinski definition) is 1. The van der Waals surface area contributed by atoms with Crippen LogP contribution in [0.1, 0.15) is 31.9 Å². The van der Waals surface area contributed by atoms with Crippen LogP contribution in [0.4, 0.5) is 0 Å². The van der Waals surface area contributed by atoms with Crippen molar-refractivity contribution in [2.24, 2.45) is 4.40 Å². The van der Waals surface area contributed by atoms with Gasteiger partial charge in [-0.2, -0.15) is 4.40 Å². The van der Waals surface area contributed by atoms with E-state index in [2.05, 4.69) is 4.40 Å². The third-order valence-electron chi connectivity index (χ3n) is 3.01. The zero-order valence-electron chi connectivity index (χ0n) is 13.2. The van der Waals surface area contributed by atoms with Crippen LogP contribution >= 0.6 is 0 Å². The maximum absolute atomic E-state index is 12.3. The van der Waals surface area contributed by atoms with E-state index in [-0.39, 0.29) is 4.75 Å². The minimum atomic E-state index is -1.29. The standard InChI is InChI=1S/C19H21NOS/c1-19(2,3)22(21)20-18(17-12-8-5-9-13-17)15-14-16-10-6-4-7-11-16/h4-15H,1-3H3/b15-14+,20-18?/t22-/m0/s1. The minimum absolute atomic E-state index is 0.374. The van der Waals surface area contributed by atoms with Crippen LogP contribution < -0.4 is 0 Å². The first-order valence-electron chi connectivity index (χ1n) is 7.26. The third-order valence-corrected chi connectivity index (χ3v) is 4.42. The van der Waals surface area contributed by atoms with Gasteiger partial charge in [-0.25, -0.2) is 4.21 Å². The molecule has 2 rings (SSSR count). The van der Waals surface area contributed by atoms with Gasteiger partial charge in [-0.15, -0.1) is 0 Å². The Hall–Kier alpha value is -2.00. The highest BCUT2D eigenvalue weighted by molar-refractivity contribution is 7.85. The van der Waals surface area contributed by atoms with Crippen molar-refractivity contribution in [1.82, 2.24) is 0 Å². The maximum Gasteiger partial charge on any atom is 0.145 e. The highest BCUT2D eigenvalue weighted by Gasteiger charge is 2.19. The predicted molar refractivity (Wildman–Crippen MR) is 96.4 cm³/mol. The highest BCUT2D eigenvalue weighted by Crippen LogP contribution is 2.15. The normalized spacial score (nSPS) is 14.2. The molecular formula is C19H21NOS. The van der Waals surface area contributed by atoms with Gasteiger partial charge in [0, 0.05) is 5.56 Å². The Kier molecular flexibility index (Phi) is 5.45. The molecule has 0 spiro atoms. The van der Waals surface area contributed by atoms with Crippen LogP contribution in [-0.2, 0) is 11.0 Å². The number of hydrogen-bond donors (Lipinski definition) is 0. The fourth-order valence-electron chi connectivity index (χ4n) is 1.75. The molecular weight excluding hydrogens is 290 g/mol. The first-order valence-corrected chi connectivity index (χ1v) is 8.37. The van der Waals surface area contributed by atoms with Crippen molar-refractivity contribution < 1.29 is 4.21 Å². The lowest BCUT2D eigenvalue weighted by Crippen LogP contribution is -2.20. The number of nitrogens with zero attached hydrogens (tertiary/aromatic N) is 1. The van der Waals surface area contributed by atoms with Crippen molar-refractivity contribution in [3.8, 4) is 0 Å². The summed E-state index contributed by atoms with van der Waals surface area (Å²) in [6.45, 7) is 5.78. The van der Waals surface area contributed by atoms with Crippen molar-refractivity contribution >= 4 is 22.8 Å². The second kappa shape index (κ2) is 7.32. The Balaban J connectivity index is 2.37. The quantitative estimate of drug-likeness (QED) is 0.756. The lowest BCUT2D eigenvalue weighted by molar-refractivity contribution is 0.650. The van der Waals surface area contributed by atoms with E-state index >= 15 is 0 Å². The van der Waals surface area contributed by atoms with E-state index in [1.54, 1.807) is 0 Å². The van der Waals surface area contributed by atoms with Crippen molar-refractivity contribution in [3.05, 3.63) is 77.9 Å². The summed E-state index contributed by atoms with van der Waals surface area (Å²) in [5.74, 6) is 0. The number of allylic oxidation sites excluding steroid dienone is 1. The van der Waals surface area contributed by atoms with E-state index in [1.807, 2.05) is 93.6 Å². The first kappa shape index (κ1) is 16.4. The monoisotopic (exact) mass is 311 g/mol. The number of rotatable bonds is 4. The van der Waals surface area contributed by atoms with E-state index in [9.17, 15) is 4.21 Å². The molecule has 2 aromatic rings. The molecule has 0 saturated carbocycles. The second-order valence-corrected chi connectivity index (χ2v) is 7.85. The van der Waals surface area contributed by atoms with Crippen LogP contribution in [0.3, 0.4) is 0 Å². The molecule has 0 aliphatic carbocycles. The summed E-state index contributed by atoms with van der Waals surface area (Å²) in [7, 11) is -1.29. The Morgan fingerprint density at radius 3 is 2.05 bits per heavy atom. The largest absolute Gasteiger partial charge is 0.234 e. The zero-order chi connectivity index (χ0) is 16.0. The molecule has 114 valence electrons. The molecule has 0 amide bonds. The van der Waals surface area contributed by atoms with Crippen LogP contribution in [0.2, 0.25) is 0 Å². The van der Waals surface area contributed by atoms with E-state index in [0.29, 0.717) is 0 Å². The van der Waals surface area contributed by atoms with Gasteiger partial charge in [0.2, 0.25) is 0 Å². The first-order chi connectivity index (χ1) is 10.5. The molecule has 0 aliphatic heterocycles. The molecule has 22 heavy (non-hydrogen) atoms. The number of benzene rings is 2. The van der Waals surface area contributed by atoms with Gasteiger partial charge in [-0.3, -0.25) is 0 Å². The van der Waals surface area contributed by atoms with Crippen LogP contribution in [0.25, 0.3) is 6.08 Å². The fraction of sp³-hybridized carbons (Fsp3) is 0.211. The second-order valence-electron chi connectivity index (χ2n) is 5.95. The van der Waals surface area contributed by atoms with Gasteiger partial charge in [0.05, 0.1) is 10.5 Å². The Morgan fingerprint density at radius 2 is 1.50 bits per heavy atom. The summed E-state index contributed by atoms with van der Waals surface area (Å²) in [5.41, 5.74) is 2.79. The summed E-state index contributed by atoms with van der Waals surface area (Å²) in [5, 5.41) is 0. The molecule has 3 heteroatoms. The average Bonchev–Trinajstić information content (AvgIpc) is 2.52. The highest BCUT2D eigenvalue weighted by atomic mass is 32.2. The average molecular weight is 311 g/mol. The van der Waals surface area contributed by atoms with Crippen LogP contribution in [0.5, 0.6) is 0 Å². The van der Waals surface area contributed by atoms with Crippen molar-refractivity contribution in [2.45, 2.75) is 25.5 Å². The van der Waals surface area contributed by atoms with Gasteiger partial charge in [0.1, 0.15) is 11.0 Å². The lowest BCUT2D eigenvalue weighted by atomic mass is 10.1. The van der Waals surface area contributed by atoms with E-state index in [4.69, 9.17) is 0 Å². The summed E-state index contributed by atoms with van der Waals surface area (Å²) >= 11 is 0. The van der Waals surface area contributed by atoms with Crippen LogP contribution in [-0.4, -0.2) is 14.7 Å². The Labute approximate surface area is 135 Å². The minimum Gasteiger partial charge on any atom is -0.234 e. The third kappa shape index (κ3) is 4.78. The van der Waals surface area contributed by atoms with Gasteiger partial charge >= 0.3 is 0 Å². The summed E-state index contributed by atoms with van der Waals surface area (Å²) < 4.78 is 16.4.